The molecule has 0 aromatic heterocycles. The van der Waals surface area contributed by atoms with Crippen LogP contribution in [0, 0.1) is 11.8 Å². The predicted octanol–water partition coefficient (Wildman–Crippen LogP) is 2.36. The fourth-order valence-corrected chi connectivity index (χ4v) is 1.88. The first kappa shape index (κ1) is 4.60. The molecular formula is C8H12. The van der Waals surface area contributed by atoms with E-state index in [1.165, 1.54) is 19.3 Å². The van der Waals surface area contributed by atoms with Gasteiger partial charge in [0.2, 0.25) is 0 Å². The molecule has 8 heavy (non-hydrogen) atoms. The monoisotopic (exact) mass is 108 g/mol. The molecule has 1 saturated carbocycles. The summed E-state index contributed by atoms with van der Waals surface area (Å²) in [5.74, 6) is 2.01. The fraction of sp³-hybridized carbons (Fsp3) is 0.750. The van der Waals surface area contributed by atoms with Crippen LogP contribution < -0.4 is 0 Å². The third kappa shape index (κ3) is 0.410. The zero-order valence-corrected chi connectivity index (χ0v) is 5.35. The van der Waals surface area contributed by atoms with Crippen molar-refractivity contribution in [3.63, 3.8) is 0 Å². The van der Waals surface area contributed by atoms with Crippen LogP contribution in [-0.2, 0) is 0 Å². The van der Waals surface area contributed by atoms with Gasteiger partial charge in [0, 0.05) is 0 Å². The number of rotatable bonds is 0. The zero-order chi connectivity index (χ0) is 5.56. The van der Waals surface area contributed by atoms with Crippen molar-refractivity contribution in [2.75, 3.05) is 0 Å². The third-order valence-electron chi connectivity index (χ3n) is 2.66. The molecule has 2 aliphatic rings. The van der Waals surface area contributed by atoms with Gasteiger partial charge in [-0.25, -0.2) is 0 Å². The summed E-state index contributed by atoms with van der Waals surface area (Å²) in [4.78, 5) is 0. The Hall–Kier alpha value is -0.260. The highest BCUT2D eigenvalue weighted by molar-refractivity contribution is 5.21. The van der Waals surface area contributed by atoms with Crippen molar-refractivity contribution >= 4 is 0 Å². The highest BCUT2D eigenvalue weighted by Crippen LogP contribution is 2.45. The molecule has 0 aliphatic heterocycles. The van der Waals surface area contributed by atoms with Gasteiger partial charge in [0.15, 0.2) is 0 Å². The molecule has 0 amide bonds. The second-order valence-corrected chi connectivity index (χ2v) is 3.14. The summed E-state index contributed by atoms with van der Waals surface area (Å²) in [6, 6.07) is 0. The van der Waals surface area contributed by atoms with Crippen molar-refractivity contribution in [2.45, 2.75) is 26.2 Å². The van der Waals surface area contributed by atoms with Crippen molar-refractivity contribution < 1.29 is 0 Å². The van der Waals surface area contributed by atoms with Gasteiger partial charge in [0.05, 0.1) is 0 Å². The van der Waals surface area contributed by atoms with Gasteiger partial charge in [0.25, 0.3) is 0 Å². The Bertz CT molecular complexity index is 133. The number of fused-ring (bicyclic) bond motifs is 1. The number of hydrogen-bond donors (Lipinski definition) is 0. The van der Waals surface area contributed by atoms with Crippen LogP contribution in [-0.4, -0.2) is 0 Å². The fourth-order valence-electron chi connectivity index (χ4n) is 1.88. The molecule has 0 heteroatoms. The summed E-state index contributed by atoms with van der Waals surface area (Å²) in [5.41, 5.74) is 1.76. The van der Waals surface area contributed by atoms with Crippen LogP contribution in [0.15, 0.2) is 11.6 Å². The second kappa shape index (κ2) is 1.37. The Balaban J connectivity index is 2.17. The molecule has 44 valence electrons. The van der Waals surface area contributed by atoms with Crippen LogP contribution in [0.5, 0.6) is 0 Å². The summed E-state index contributed by atoms with van der Waals surface area (Å²) >= 11 is 0. The van der Waals surface area contributed by atoms with Crippen LogP contribution in [0.3, 0.4) is 0 Å². The van der Waals surface area contributed by atoms with Crippen molar-refractivity contribution in [2.24, 2.45) is 11.8 Å². The number of allylic oxidation sites excluding steroid dienone is 2. The van der Waals surface area contributed by atoms with E-state index < -0.39 is 0 Å². The summed E-state index contributed by atoms with van der Waals surface area (Å²) in [6.45, 7) is 2.37. The van der Waals surface area contributed by atoms with E-state index in [0.29, 0.717) is 0 Å². The lowest BCUT2D eigenvalue weighted by molar-refractivity contribution is 0.348. The molecular weight excluding hydrogens is 96.1 g/mol. The molecule has 1 fully saturated rings. The molecule has 0 heterocycles. The standard InChI is InChI=1S/C8H12/c1-6-2-3-7-4-5-8(6)7/h3,6,8H,2,4-5H2,1H3. The predicted molar refractivity (Wildman–Crippen MR) is 34.6 cm³/mol. The van der Waals surface area contributed by atoms with Gasteiger partial charge in [-0.3, -0.25) is 0 Å². The summed E-state index contributed by atoms with van der Waals surface area (Å²) < 4.78 is 0. The Morgan fingerprint density at radius 3 is 2.75 bits per heavy atom. The van der Waals surface area contributed by atoms with Crippen molar-refractivity contribution in [3.05, 3.63) is 11.6 Å². The maximum absolute atomic E-state index is 2.44. The summed E-state index contributed by atoms with van der Waals surface area (Å²) in [7, 11) is 0. The van der Waals surface area contributed by atoms with Crippen LogP contribution in [0.25, 0.3) is 0 Å². The molecule has 2 aliphatic carbocycles. The Kier molecular flexibility index (Phi) is 0.787. The van der Waals surface area contributed by atoms with Gasteiger partial charge >= 0.3 is 0 Å². The largest absolute Gasteiger partial charge is 0.0848 e. The third-order valence-corrected chi connectivity index (χ3v) is 2.66. The van der Waals surface area contributed by atoms with E-state index >= 15 is 0 Å². The highest BCUT2D eigenvalue weighted by atomic mass is 14.4. The smallest absolute Gasteiger partial charge is 0.0172 e. The van der Waals surface area contributed by atoms with Gasteiger partial charge < -0.3 is 0 Å². The molecule has 2 rings (SSSR count). The molecule has 2 atom stereocenters. The van der Waals surface area contributed by atoms with Gasteiger partial charge in [0.1, 0.15) is 0 Å². The Labute approximate surface area is 50.6 Å². The molecule has 0 nitrogen and oxygen atoms in total. The first-order valence-corrected chi connectivity index (χ1v) is 3.57. The van der Waals surface area contributed by atoms with Gasteiger partial charge in [-0.05, 0) is 31.1 Å². The van der Waals surface area contributed by atoms with Crippen LogP contribution in [0.4, 0.5) is 0 Å². The summed E-state index contributed by atoms with van der Waals surface area (Å²) in [5, 5.41) is 0. The van der Waals surface area contributed by atoms with Crippen molar-refractivity contribution in [3.8, 4) is 0 Å². The van der Waals surface area contributed by atoms with Gasteiger partial charge in [-0.1, -0.05) is 18.6 Å². The van der Waals surface area contributed by atoms with Crippen LogP contribution >= 0.6 is 0 Å². The van der Waals surface area contributed by atoms with E-state index in [4.69, 9.17) is 0 Å². The summed E-state index contributed by atoms with van der Waals surface area (Å²) in [6.07, 6.45) is 6.70. The topological polar surface area (TPSA) is 0 Å². The average Bonchev–Trinajstić information content (AvgIpc) is 1.80. The van der Waals surface area contributed by atoms with E-state index in [1.807, 2.05) is 0 Å². The lowest BCUT2D eigenvalue weighted by Gasteiger charge is -2.28. The molecule has 0 spiro atoms. The molecule has 0 aromatic carbocycles. The highest BCUT2D eigenvalue weighted by Gasteiger charge is 2.32. The maximum atomic E-state index is 2.44. The minimum atomic E-state index is 0.985. The Morgan fingerprint density at radius 2 is 2.50 bits per heavy atom. The second-order valence-electron chi connectivity index (χ2n) is 3.14. The van der Waals surface area contributed by atoms with E-state index in [0.717, 1.165) is 11.8 Å². The van der Waals surface area contributed by atoms with Crippen molar-refractivity contribution in [1.82, 2.24) is 0 Å². The average molecular weight is 108 g/mol. The molecule has 0 N–H and O–H groups in total. The zero-order valence-electron chi connectivity index (χ0n) is 5.35. The quantitative estimate of drug-likeness (QED) is 0.418. The van der Waals surface area contributed by atoms with E-state index in [2.05, 4.69) is 13.0 Å². The lowest BCUT2D eigenvalue weighted by atomic mass is 9.77. The molecule has 0 bridgehead atoms. The first-order chi connectivity index (χ1) is 3.88. The molecule has 0 saturated heterocycles. The van der Waals surface area contributed by atoms with E-state index in [-0.39, 0.29) is 0 Å². The maximum Gasteiger partial charge on any atom is -0.0172 e. The Morgan fingerprint density at radius 1 is 1.62 bits per heavy atom. The SMILES string of the molecule is CC1CC=C2CCC21. The minimum Gasteiger partial charge on any atom is -0.0848 e. The van der Waals surface area contributed by atoms with Gasteiger partial charge in [-0.2, -0.15) is 0 Å². The molecule has 0 radical (unpaired) electrons. The molecule has 0 aromatic rings. The van der Waals surface area contributed by atoms with Crippen LogP contribution in [0.1, 0.15) is 26.2 Å². The lowest BCUT2D eigenvalue weighted by Crippen LogP contribution is -2.16. The van der Waals surface area contributed by atoms with Crippen LogP contribution in [0.2, 0.25) is 0 Å². The minimum absolute atomic E-state index is 0.985. The van der Waals surface area contributed by atoms with E-state index in [9.17, 15) is 0 Å². The first-order valence-electron chi connectivity index (χ1n) is 3.57. The molecule has 2 unspecified atom stereocenters. The van der Waals surface area contributed by atoms with Crippen molar-refractivity contribution in [1.29, 1.82) is 0 Å². The normalized spacial score (nSPS) is 42.9. The number of hydrogen-bond acceptors (Lipinski definition) is 0. The van der Waals surface area contributed by atoms with E-state index in [1.54, 1.807) is 5.57 Å². The van der Waals surface area contributed by atoms with Gasteiger partial charge in [-0.15, -0.1) is 0 Å².